The summed E-state index contributed by atoms with van der Waals surface area (Å²) >= 11 is 0. The number of amides is 1. The first-order valence-electron chi connectivity index (χ1n) is 10.5. The standard InChI is InChI=1S/C28H31N5O/c1-8-15-27-30-20-26(33(27)14-7)17-16-22(9-2)18-23(10-3)28(34)31-24(11-4)19-25(12-5)32(13-6)21-29/h8-15,18-21,29H,3,5-7H2,1-2,4H3,(H,31,34)/b15-8-,22-9-,23-18+,24-11+,25-19+,29-21?. The molecule has 0 aliphatic heterocycles. The molecule has 1 aromatic rings. The average Bonchev–Trinajstić information content (AvgIpc) is 3.24. The topological polar surface area (TPSA) is 74.0 Å². The Kier molecular flexibility index (Phi) is 11.6. The molecule has 0 saturated carbocycles. The van der Waals surface area contributed by atoms with Crippen LogP contribution >= 0.6 is 0 Å². The van der Waals surface area contributed by atoms with E-state index in [4.69, 9.17) is 5.41 Å². The van der Waals surface area contributed by atoms with Crippen molar-refractivity contribution in [2.75, 3.05) is 0 Å². The Hall–Kier alpha value is -4.63. The molecule has 0 spiro atoms. The van der Waals surface area contributed by atoms with Gasteiger partial charge in [-0.25, -0.2) is 4.98 Å². The SMILES string of the molecule is C=C/C(=C\C(C#Cc1cnc(/C=C\C)n1C=C)=C/C)C(=O)NC(=C/C)/C=C(\C=C)N(C=C)C=N. The van der Waals surface area contributed by atoms with Crippen molar-refractivity contribution in [3.63, 3.8) is 0 Å². The highest BCUT2D eigenvalue weighted by Gasteiger charge is 2.09. The minimum Gasteiger partial charge on any atom is -0.322 e. The number of allylic oxidation sites excluding steroid dienone is 7. The van der Waals surface area contributed by atoms with E-state index in [1.807, 2.05) is 32.1 Å². The van der Waals surface area contributed by atoms with Crippen LogP contribution in [-0.2, 0) is 4.79 Å². The van der Waals surface area contributed by atoms with Crippen LogP contribution in [0, 0.1) is 17.3 Å². The zero-order valence-electron chi connectivity index (χ0n) is 20.0. The van der Waals surface area contributed by atoms with Crippen molar-refractivity contribution < 1.29 is 4.79 Å². The summed E-state index contributed by atoms with van der Waals surface area (Å²) in [5.41, 5.74) is 2.77. The summed E-state index contributed by atoms with van der Waals surface area (Å²) in [6.07, 6.45) is 19.6. The fourth-order valence-corrected chi connectivity index (χ4v) is 2.67. The fraction of sp³-hybridized carbons (Fsp3) is 0.107. The van der Waals surface area contributed by atoms with Gasteiger partial charge in [0.1, 0.15) is 11.5 Å². The smallest absolute Gasteiger partial charge is 0.255 e. The first-order chi connectivity index (χ1) is 16.4. The molecule has 0 saturated heterocycles. The number of rotatable bonds is 11. The Morgan fingerprint density at radius 1 is 1.15 bits per heavy atom. The molecule has 1 aromatic heterocycles. The number of hydrogen-bond acceptors (Lipinski definition) is 3. The second-order valence-corrected chi connectivity index (χ2v) is 6.54. The Morgan fingerprint density at radius 2 is 1.88 bits per heavy atom. The van der Waals surface area contributed by atoms with Crippen LogP contribution in [0.2, 0.25) is 0 Å². The number of nitrogens with zero attached hydrogens (tertiary/aromatic N) is 3. The molecule has 6 heteroatoms. The van der Waals surface area contributed by atoms with Crippen molar-refractivity contribution in [3.05, 3.63) is 115 Å². The van der Waals surface area contributed by atoms with Crippen molar-refractivity contribution in [3.8, 4) is 11.8 Å². The van der Waals surface area contributed by atoms with Gasteiger partial charge in [0.25, 0.3) is 5.91 Å². The van der Waals surface area contributed by atoms with Gasteiger partial charge in [0.2, 0.25) is 0 Å². The van der Waals surface area contributed by atoms with E-state index in [-0.39, 0.29) is 5.91 Å². The molecule has 34 heavy (non-hydrogen) atoms. The third-order valence-corrected chi connectivity index (χ3v) is 4.48. The summed E-state index contributed by atoms with van der Waals surface area (Å²) in [7, 11) is 0. The predicted octanol–water partition coefficient (Wildman–Crippen LogP) is 5.57. The first kappa shape index (κ1) is 27.4. The predicted molar refractivity (Wildman–Crippen MR) is 143 cm³/mol. The highest BCUT2D eigenvalue weighted by atomic mass is 16.1. The van der Waals surface area contributed by atoms with Gasteiger partial charge in [0.15, 0.2) is 0 Å². The monoisotopic (exact) mass is 453 g/mol. The fourth-order valence-electron chi connectivity index (χ4n) is 2.67. The second-order valence-electron chi connectivity index (χ2n) is 6.54. The number of nitrogens with one attached hydrogen (secondary N) is 2. The number of hydrogen-bond donors (Lipinski definition) is 2. The molecule has 0 bridgehead atoms. The van der Waals surface area contributed by atoms with Gasteiger partial charge in [0.05, 0.1) is 12.5 Å². The van der Waals surface area contributed by atoms with Gasteiger partial charge in [-0.2, -0.15) is 0 Å². The Balaban J connectivity index is 3.21. The molecule has 0 unspecified atom stereocenters. The maximum atomic E-state index is 12.9. The second kappa shape index (κ2) is 14.4. The molecule has 0 radical (unpaired) electrons. The summed E-state index contributed by atoms with van der Waals surface area (Å²) in [5.74, 6) is 6.52. The molecule has 1 amide bonds. The molecular weight excluding hydrogens is 422 g/mol. The number of carbonyl (C=O) groups is 1. The summed E-state index contributed by atoms with van der Waals surface area (Å²) in [6.45, 7) is 20.5. The molecule has 0 aliphatic rings. The van der Waals surface area contributed by atoms with E-state index in [9.17, 15) is 4.79 Å². The van der Waals surface area contributed by atoms with E-state index in [1.54, 1.807) is 48.2 Å². The molecule has 2 N–H and O–H groups in total. The molecule has 0 aliphatic carbocycles. The Morgan fingerprint density at radius 3 is 2.38 bits per heavy atom. The summed E-state index contributed by atoms with van der Waals surface area (Å²) in [5, 5.41) is 10.3. The molecule has 1 rings (SSSR count). The lowest BCUT2D eigenvalue weighted by molar-refractivity contribution is -0.116. The van der Waals surface area contributed by atoms with Crippen molar-refractivity contribution in [2.24, 2.45) is 0 Å². The van der Waals surface area contributed by atoms with Crippen LogP contribution in [0.1, 0.15) is 32.3 Å². The maximum absolute atomic E-state index is 12.9. The molecule has 0 aromatic carbocycles. The molecule has 174 valence electrons. The summed E-state index contributed by atoms with van der Waals surface area (Å²) in [6, 6.07) is 0. The molecule has 0 fully saturated rings. The number of aromatic nitrogens is 2. The highest BCUT2D eigenvalue weighted by molar-refractivity contribution is 5.98. The minimum atomic E-state index is -0.351. The quantitative estimate of drug-likeness (QED) is 0.151. The largest absolute Gasteiger partial charge is 0.322 e. The highest BCUT2D eigenvalue weighted by Crippen LogP contribution is 2.11. The van der Waals surface area contributed by atoms with E-state index in [0.29, 0.717) is 28.2 Å². The molecule has 6 nitrogen and oxygen atoms in total. The lowest BCUT2D eigenvalue weighted by Gasteiger charge is -2.15. The van der Waals surface area contributed by atoms with Crippen LogP contribution in [-0.4, -0.2) is 26.7 Å². The zero-order chi connectivity index (χ0) is 25.5. The van der Waals surface area contributed by atoms with Crippen molar-refractivity contribution in [1.29, 1.82) is 5.41 Å². The van der Waals surface area contributed by atoms with Crippen molar-refractivity contribution >= 4 is 24.5 Å². The van der Waals surface area contributed by atoms with Gasteiger partial charge in [-0.3, -0.25) is 14.8 Å². The maximum Gasteiger partial charge on any atom is 0.255 e. The first-order valence-corrected chi connectivity index (χ1v) is 10.5. The van der Waals surface area contributed by atoms with Crippen molar-refractivity contribution in [2.45, 2.75) is 20.8 Å². The molecule has 0 atom stereocenters. The van der Waals surface area contributed by atoms with Crippen LogP contribution < -0.4 is 5.32 Å². The zero-order valence-corrected chi connectivity index (χ0v) is 20.0. The van der Waals surface area contributed by atoms with Gasteiger partial charge in [-0.05, 0) is 51.0 Å². The number of carbonyl (C=O) groups excluding carboxylic acids is 1. The molecular formula is C28H31N5O. The van der Waals surface area contributed by atoms with E-state index >= 15 is 0 Å². The van der Waals surface area contributed by atoms with Crippen LogP contribution in [0.5, 0.6) is 0 Å². The summed E-state index contributed by atoms with van der Waals surface area (Å²) < 4.78 is 1.79. The van der Waals surface area contributed by atoms with Crippen LogP contribution in [0.15, 0.2) is 104 Å². The van der Waals surface area contributed by atoms with E-state index < -0.39 is 0 Å². The van der Waals surface area contributed by atoms with Crippen LogP contribution in [0.4, 0.5) is 0 Å². The van der Waals surface area contributed by atoms with Crippen LogP contribution in [0.25, 0.3) is 12.3 Å². The lowest BCUT2D eigenvalue weighted by Crippen LogP contribution is -2.24. The van der Waals surface area contributed by atoms with E-state index in [1.165, 1.54) is 17.2 Å². The minimum absolute atomic E-state index is 0.342. The van der Waals surface area contributed by atoms with Crippen LogP contribution in [0.3, 0.4) is 0 Å². The number of imidazole rings is 1. The van der Waals surface area contributed by atoms with Gasteiger partial charge >= 0.3 is 0 Å². The van der Waals surface area contributed by atoms with Gasteiger partial charge < -0.3 is 10.2 Å². The average molecular weight is 454 g/mol. The van der Waals surface area contributed by atoms with E-state index in [2.05, 4.69) is 48.5 Å². The normalized spacial score (nSPS) is 12.4. The third-order valence-electron chi connectivity index (χ3n) is 4.48. The lowest BCUT2D eigenvalue weighted by atomic mass is 10.1. The van der Waals surface area contributed by atoms with Gasteiger partial charge in [-0.15, -0.1) is 0 Å². The van der Waals surface area contributed by atoms with Gasteiger partial charge in [0, 0.05) is 34.9 Å². The third kappa shape index (κ3) is 7.50. The summed E-state index contributed by atoms with van der Waals surface area (Å²) in [4.78, 5) is 18.7. The van der Waals surface area contributed by atoms with Crippen molar-refractivity contribution in [1.82, 2.24) is 19.8 Å². The Labute approximate surface area is 202 Å². The van der Waals surface area contributed by atoms with E-state index in [0.717, 1.165) is 12.2 Å². The van der Waals surface area contributed by atoms with Gasteiger partial charge in [-0.1, -0.05) is 56.5 Å². The Bertz CT molecular complexity index is 1160. The molecule has 1 heterocycles.